The van der Waals surface area contributed by atoms with Crippen molar-refractivity contribution in [1.82, 2.24) is 0 Å². The summed E-state index contributed by atoms with van der Waals surface area (Å²) in [6.07, 6.45) is 5.31. The molecule has 1 aromatic carbocycles. The van der Waals surface area contributed by atoms with Gasteiger partial charge in [0.1, 0.15) is 5.82 Å². The van der Waals surface area contributed by atoms with Gasteiger partial charge in [0.25, 0.3) is 0 Å². The van der Waals surface area contributed by atoms with E-state index in [1.54, 1.807) is 6.07 Å². The second-order valence-electron chi connectivity index (χ2n) is 2.77. The average molecular weight is 257 g/mol. The number of carbonyl (C=O) groups is 1. The summed E-state index contributed by atoms with van der Waals surface area (Å²) < 4.78 is 12.7. The van der Waals surface area contributed by atoms with Crippen LogP contribution in [0.15, 0.2) is 24.3 Å². The van der Waals surface area contributed by atoms with Crippen molar-refractivity contribution in [2.24, 2.45) is 0 Å². The maximum absolute atomic E-state index is 12.7. The molecular weight excluding hydrogens is 247 g/mol. The number of rotatable bonds is 4. The molecule has 0 unspecified atom stereocenters. The number of carbonyl (C=O) groups excluding carboxylic acids is 1. The quantitative estimate of drug-likeness (QED) is 0.596. The van der Waals surface area contributed by atoms with E-state index in [-0.39, 0.29) is 5.82 Å². The number of hydrogen-bond acceptors (Lipinski definition) is 1. The Hall–Kier alpha value is -0.960. The summed E-state index contributed by atoms with van der Waals surface area (Å²) in [5.41, 5.74) is 1.14. The molecule has 0 saturated heterocycles. The molecule has 1 rings (SSSR count). The summed E-state index contributed by atoms with van der Waals surface area (Å²) in [5.74, 6) is -0.384. The number of allylic oxidation sites excluding steroid dienone is 1. The smallest absolute Gasteiger partial charge is 0.150 e. The Kier molecular flexibility index (Phi) is 4.53. The van der Waals surface area contributed by atoms with E-state index in [9.17, 15) is 9.18 Å². The number of hydrogen-bond donors (Lipinski definition) is 0. The minimum Gasteiger partial charge on any atom is -0.298 e. The SMILES string of the molecule is O=Cc1cc(F)ccc1C=CCCBr. The molecule has 0 bridgehead atoms. The Balaban J connectivity index is 2.90. The minimum atomic E-state index is -0.384. The Morgan fingerprint density at radius 1 is 1.36 bits per heavy atom. The van der Waals surface area contributed by atoms with Gasteiger partial charge < -0.3 is 0 Å². The third-order valence-electron chi connectivity index (χ3n) is 1.75. The van der Waals surface area contributed by atoms with Gasteiger partial charge in [-0.25, -0.2) is 4.39 Å². The molecule has 1 aromatic rings. The average Bonchev–Trinajstić information content (AvgIpc) is 2.20. The molecule has 0 aromatic heterocycles. The van der Waals surface area contributed by atoms with Gasteiger partial charge in [0.05, 0.1) is 0 Å². The molecule has 0 spiro atoms. The Morgan fingerprint density at radius 2 is 2.14 bits per heavy atom. The van der Waals surface area contributed by atoms with Crippen molar-refractivity contribution in [3.05, 3.63) is 41.2 Å². The van der Waals surface area contributed by atoms with Gasteiger partial charge in [0.15, 0.2) is 6.29 Å². The van der Waals surface area contributed by atoms with Crippen LogP contribution in [0.1, 0.15) is 22.3 Å². The van der Waals surface area contributed by atoms with Gasteiger partial charge >= 0.3 is 0 Å². The van der Waals surface area contributed by atoms with Gasteiger partial charge in [0.2, 0.25) is 0 Å². The first-order valence-corrected chi connectivity index (χ1v) is 5.37. The second-order valence-corrected chi connectivity index (χ2v) is 3.56. The zero-order valence-corrected chi connectivity index (χ0v) is 9.13. The standard InChI is InChI=1S/C11H10BrFO/c12-6-2-1-3-9-4-5-11(13)7-10(9)8-14/h1,3-5,7-8H,2,6H2. The molecule has 3 heteroatoms. The molecule has 0 heterocycles. The van der Waals surface area contributed by atoms with Crippen LogP contribution in [0, 0.1) is 5.82 Å². The molecule has 14 heavy (non-hydrogen) atoms. The molecule has 0 N–H and O–H groups in total. The Labute approximate surface area is 90.8 Å². The molecular formula is C11H10BrFO. The summed E-state index contributed by atoms with van der Waals surface area (Å²) in [4.78, 5) is 10.6. The van der Waals surface area contributed by atoms with Crippen molar-refractivity contribution in [2.45, 2.75) is 6.42 Å². The Bertz CT molecular complexity index is 347. The van der Waals surface area contributed by atoms with Crippen LogP contribution in [0.25, 0.3) is 6.08 Å². The summed E-state index contributed by atoms with van der Waals surface area (Å²) in [6, 6.07) is 4.19. The highest BCUT2D eigenvalue weighted by atomic mass is 79.9. The van der Waals surface area contributed by atoms with Gasteiger partial charge in [-0.1, -0.05) is 34.1 Å². The zero-order chi connectivity index (χ0) is 10.4. The number of alkyl halides is 1. The predicted octanol–water partition coefficient (Wildman–Crippen LogP) is 3.44. The molecule has 74 valence electrons. The largest absolute Gasteiger partial charge is 0.298 e. The van der Waals surface area contributed by atoms with Crippen molar-refractivity contribution in [3.8, 4) is 0 Å². The van der Waals surface area contributed by atoms with Crippen LogP contribution >= 0.6 is 15.9 Å². The van der Waals surface area contributed by atoms with Gasteiger partial charge in [-0.05, 0) is 24.1 Å². The summed E-state index contributed by atoms with van der Waals surface area (Å²) >= 11 is 3.29. The molecule has 0 aliphatic rings. The fourth-order valence-electron chi connectivity index (χ4n) is 1.07. The van der Waals surface area contributed by atoms with Crippen molar-refractivity contribution >= 4 is 28.3 Å². The summed E-state index contributed by atoms with van der Waals surface area (Å²) in [6.45, 7) is 0. The van der Waals surface area contributed by atoms with E-state index >= 15 is 0 Å². The number of aldehydes is 1. The van der Waals surface area contributed by atoms with E-state index in [2.05, 4.69) is 15.9 Å². The lowest BCUT2D eigenvalue weighted by molar-refractivity contribution is 0.112. The Morgan fingerprint density at radius 3 is 2.79 bits per heavy atom. The lowest BCUT2D eigenvalue weighted by atomic mass is 10.1. The third kappa shape index (κ3) is 3.07. The van der Waals surface area contributed by atoms with Gasteiger partial charge in [-0.2, -0.15) is 0 Å². The topological polar surface area (TPSA) is 17.1 Å². The molecule has 0 aliphatic heterocycles. The lowest BCUT2D eigenvalue weighted by Gasteiger charge is -1.98. The molecule has 1 nitrogen and oxygen atoms in total. The van der Waals surface area contributed by atoms with Crippen LogP contribution < -0.4 is 0 Å². The summed E-state index contributed by atoms with van der Waals surface area (Å²) in [7, 11) is 0. The van der Waals surface area contributed by atoms with Crippen LogP contribution in [0.2, 0.25) is 0 Å². The van der Waals surface area contributed by atoms with Crippen molar-refractivity contribution in [1.29, 1.82) is 0 Å². The zero-order valence-electron chi connectivity index (χ0n) is 7.54. The molecule has 0 atom stereocenters. The molecule has 0 fully saturated rings. The first-order valence-electron chi connectivity index (χ1n) is 4.25. The predicted molar refractivity (Wildman–Crippen MR) is 59.2 cm³/mol. The first-order chi connectivity index (χ1) is 6.77. The lowest BCUT2D eigenvalue weighted by Crippen LogP contribution is -1.87. The number of benzene rings is 1. The van der Waals surface area contributed by atoms with E-state index in [0.29, 0.717) is 11.8 Å². The van der Waals surface area contributed by atoms with Crippen molar-refractivity contribution in [3.63, 3.8) is 0 Å². The van der Waals surface area contributed by atoms with Crippen LogP contribution in [0.3, 0.4) is 0 Å². The van der Waals surface area contributed by atoms with E-state index in [0.717, 1.165) is 17.3 Å². The highest BCUT2D eigenvalue weighted by molar-refractivity contribution is 9.09. The molecule has 0 radical (unpaired) electrons. The van der Waals surface area contributed by atoms with E-state index in [1.807, 2.05) is 12.2 Å². The second kappa shape index (κ2) is 5.70. The maximum Gasteiger partial charge on any atom is 0.150 e. The van der Waals surface area contributed by atoms with Gasteiger partial charge in [0, 0.05) is 10.9 Å². The fourth-order valence-corrected chi connectivity index (χ4v) is 1.34. The van der Waals surface area contributed by atoms with Crippen LogP contribution in [0.4, 0.5) is 4.39 Å². The van der Waals surface area contributed by atoms with E-state index in [4.69, 9.17) is 0 Å². The molecule has 0 aliphatic carbocycles. The van der Waals surface area contributed by atoms with Gasteiger partial charge in [-0.3, -0.25) is 4.79 Å². The normalized spacial score (nSPS) is 10.7. The van der Waals surface area contributed by atoms with E-state index in [1.165, 1.54) is 12.1 Å². The number of halogens is 2. The van der Waals surface area contributed by atoms with Gasteiger partial charge in [-0.15, -0.1) is 0 Å². The van der Waals surface area contributed by atoms with Crippen LogP contribution in [0.5, 0.6) is 0 Å². The first kappa shape index (κ1) is 11.1. The highest BCUT2D eigenvalue weighted by Gasteiger charge is 1.99. The van der Waals surface area contributed by atoms with Crippen LogP contribution in [-0.2, 0) is 0 Å². The third-order valence-corrected chi connectivity index (χ3v) is 2.21. The maximum atomic E-state index is 12.7. The summed E-state index contributed by atoms with van der Waals surface area (Å²) in [5, 5.41) is 0.876. The minimum absolute atomic E-state index is 0.384. The molecule has 0 amide bonds. The fraction of sp³-hybridized carbons (Fsp3) is 0.182. The van der Waals surface area contributed by atoms with Crippen molar-refractivity contribution in [2.75, 3.05) is 5.33 Å². The van der Waals surface area contributed by atoms with E-state index < -0.39 is 0 Å². The highest BCUT2D eigenvalue weighted by Crippen LogP contribution is 2.11. The van der Waals surface area contributed by atoms with Crippen LogP contribution in [-0.4, -0.2) is 11.6 Å². The molecule has 0 saturated carbocycles. The monoisotopic (exact) mass is 256 g/mol. The van der Waals surface area contributed by atoms with Crippen molar-refractivity contribution < 1.29 is 9.18 Å².